The first kappa shape index (κ1) is 15.4. The molecule has 1 nitrogen and oxygen atoms in total. The molecule has 1 saturated carbocycles. The molecule has 1 aliphatic carbocycles. The largest absolute Gasteiger partial charge is 0.378 e. The standard InChI is InChI=1S/C15H22Cl2OSi/c16-19(17)12-4-11-18-15-9-7-14(8-10-15)13-5-2-1-3-6-13/h1-3,5-6,14-15,19H,4,7-12H2. The fraction of sp³-hybridized carbons (Fsp3) is 0.600. The minimum Gasteiger partial charge on any atom is -0.378 e. The molecule has 0 aromatic heterocycles. The minimum absolute atomic E-state index is 0.450. The van der Waals surface area contributed by atoms with E-state index >= 15 is 0 Å². The van der Waals surface area contributed by atoms with Crippen molar-refractivity contribution in [3.05, 3.63) is 35.9 Å². The van der Waals surface area contributed by atoms with E-state index in [1.165, 1.54) is 31.2 Å². The fourth-order valence-electron chi connectivity index (χ4n) is 2.78. The van der Waals surface area contributed by atoms with E-state index in [0.717, 1.165) is 25.0 Å². The lowest BCUT2D eigenvalue weighted by Crippen LogP contribution is -2.21. The van der Waals surface area contributed by atoms with Crippen molar-refractivity contribution in [3.63, 3.8) is 0 Å². The Morgan fingerprint density at radius 3 is 2.37 bits per heavy atom. The van der Waals surface area contributed by atoms with Gasteiger partial charge in [-0.3, -0.25) is 0 Å². The van der Waals surface area contributed by atoms with Crippen LogP contribution in [0.1, 0.15) is 43.6 Å². The number of halogens is 2. The van der Waals surface area contributed by atoms with Crippen LogP contribution < -0.4 is 0 Å². The Bertz CT molecular complexity index is 350. The second-order valence-electron chi connectivity index (χ2n) is 5.29. The summed E-state index contributed by atoms with van der Waals surface area (Å²) in [4.78, 5) is 0. The van der Waals surface area contributed by atoms with Gasteiger partial charge in [-0.25, -0.2) is 0 Å². The summed E-state index contributed by atoms with van der Waals surface area (Å²) in [5.74, 6) is 0.725. The van der Waals surface area contributed by atoms with Gasteiger partial charge in [0, 0.05) is 6.61 Å². The van der Waals surface area contributed by atoms with Gasteiger partial charge in [0.05, 0.1) is 6.10 Å². The second-order valence-corrected chi connectivity index (χ2v) is 10.5. The number of rotatable bonds is 6. The predicted octanol–water partition coefficient (Wildman–Crippen LogP) is 4.82. The van der Waals surface area contributed by atoms with Crippen LogP contribution in [0.15, 0.2) is 30.3 Å². The smallest absolute Gasteiger partial charge is 0.237 e. The van der Waals surface area contributed by atoms with Crippen LogP contribution in [0, 0.1) is 0 Å². The van der Waals surface area contributed by atoms with Gasteiger partial charge >= 0.3 is 0 Å². The fourth-order valence-corrected chi connectivity index (χ4v) is 4.18. The molecular weight excluding hydrogens is 295 g/mol. The van der Waals surface area contributed by atoms with Crippen LogP contribution in [-0.4, -0.2) is 20.1 Å². The van der Waals surface area contributed by atoms with Crippen LogP contribution in [0.25, 0.3) is 0 Å². The van der Waals surface area contributed by atoms with Crippen molar-refractivity contribution in [1.82, 2.24) is 0 Å². The maximum Gasteiger partial charge on any atom is 0.237 e. The van der Waals surface area contributed by atoms with Crippen molar-refractivity contribution < 1.29 is 4.74 Å². The Balaban J connectivity index is 1.65. The summed E-state index contributed by atoms with van der Waals surface area (Å²) in [6, 6.07) is 11.8. The monoisotopic (exact) mass is 316 g/mol. The summed E-state index contributed by atoms with van der Waals surface area (Å²) in [6.07, 6.45) is 6.33. The Labute approximate surface area is 127 Å². The van der Waals surface area contributed by atoms with Gasteiger partial charge in [0.25, 0.3) is 0 Å². The van der Waals surface area contributed by atoms with Crippen molar-refractivity contribution in [1.29, 1.82) is 0 Å². The van der Waals surface area contributed by atoms with E-state index in [9.17, 15) is 0 Å². The van der Waals surface area contributed by atoms with Gasteiger partial charge in [0.2, 0.25) is 7.42 Å². The lowest BCUT2D eigenvalue weighted by molar-refractivity contribution is 0.0251. The Kier molecular flexibility index (Phi) is 6.72. The molecule has 1 aliphatic rings. The normalized spacial score (nSPS) is 23.7. The van der Waals surface area contributed by atoms with Gasteiger partial charge in [-0.2, -0.15) is 22.2 Å². The molecule has 0 saturated heterocycles. The van der Waals surface area contributed by atoms with Crippen molar-refractivity contribution in [2.24, 2.45) is 0 Å². The average molecular weight is 317 g/mol. The van der Waals surface area contributed by atoms with E-state index in [-0.39, 0.29) is 0 Å². The highest BCUT2D eigenvalue weighted by molar-refractivity contribution is 7.33. The first-order valence-electron chi connectivity index (χ1n) is 7.20. The predicted molar refractivity (Wildman–Crippen MR) is 85.7 cm³/mol. The molecular formula is C15H22Cl2OSi. The van der Waals surface area contributed by atoms with Crippen LogP contribution >= 0.6 is 22.2 Å². The second kappa shape index (κ2) is 8.31. The van der Waals surface area contributed by atoms with E-state index in [2.05, 4.69) is 30.3 Å². The maximum atomic E-state index is 5.92. The molecule has 1 aromatic carbocycles. The maximum absolute atomic E-state index is 5.92. The molecule has 1 fully saturated rings. The van der Waals surface area contributed by atoms with Gasteiger partial charge in [-0.15, -0.1) is 0 Å². The van der Waals surface area contributed by atoms with E-state index < -0.39 is 7.42 Å². The van der Waals surface area contributed by atoms with Gasteiger partial charge in [0.1, 0.15) is 0 Å². The van der Waals surface area contributed by atoms with Crippen LogP contribution in [0.5, 0.6) is 0 Å². The van der Waals surface area contributed by atoms with Gasteiger partial charge < -0.3 is 4.74 Å². The van der Waals surface area contributed by atoms with Crippen molar-refractivity contribution in [2.75, 3.05) is 6.61 Å². The third-order valence-electron chi connectivity index (χ3n) is 3.87. The average Bonchev–Trinajstić information content (AvgIpc) is 2.45. The summed E-state index contributed by atoms with van der Waals surface area (Å²) >= 11 is 11.7. The van der Waals surface area contributed by atoms with Gasteiger partial charge in [-0.1, -0.05) is 30.3 Å². The van der Waals surface area contributed by atoms with Crippen molar-refractivity contribution in [3.8, 4) is 0 Å². The highest BCUT2D eigenvalue weighted by Gasteiger charge is 2.22. The molecule has 19 heavy (non-hydrogen) atoms. The Hall–Kier alpha value is -0.0231. The van der Waals surface area contributed by atoms with Gasteiger partial charge in [-0.05, 0) is 49.6 Å². The zero-order chi connectivity index (χ0) is 13.5. The summed E-state index contributed by atoms with van der Waals surface area (Å²) in [7, 11) is -1.43. The molecule has 1 aromatic rings. The quantitative estimate of drug-likeness (QED) is 0.415. The minimum atomic E-state index is -1.43. The zero-order valence-corrected chi connectivity index (χ0v) is 13.9. The third-order valence-corrected chi connectivity index (χ3v) is 6.02. The first-order chi connectivity index (χ1) is 9.25. The summed E-state index contributed by atoms with van der Waals surface area (Å²) in [5, 5.41) is 0. The molecule has 0 radical (unpaired) electrons. The first-order valence-corrected chi connectivity index (χ1v) is 11.5. The molecule has 0 atom stereocenters. The van der Waals surface area contributed by atoms with E-state index in [4.69, 9.17) is 26.9 Å². The number of benzene rings is 1. The van der Waals surface area contributed by atoms with Gasteiger partial charge in [0.15, 0.2) is 0 Å². The molecule has 0 aliphatic heterocycles. The van der Waals surface area contributed by atoms with Crippen molar-refractivity contribution in [2.45, 2.75) is 50.2 Å². The molecule has 2 rings (SSSR count). The van der Waals surface area contributed by atoms with E-state index in [1.807, 2.05) is 0 Å². The highest BCUT2D eigenvalue weighted by Crippen LogP contribution is 2.33. The summed E-state index contributed by atoms with van der Waals surface area (Å²) < 4.78 is 5.92. The summed E-state index contributed by atoms with van der Waals surface area (Å²) in [6.45, 7) is 0.823. The lowest BCUT2D eigenvalue weighted by Gasteiger charge is -2.28. The molecule has 0 bridgehead atoms. The highest BCUT2D eigenvalue weighted by atomic mass is 35.7. The lowest BCUT2D eigenvalue weighted by atomic mass is 9.83. The van der Waals surface area contributed by atoms with Crippen LogP contribution in [0.4, 0.5) is 0 Å². The number of ether oxygens (including phenoxy) is 1. The Morgan fingerprint density at radius 1 is 1.05 bits per heavy atom. The van der Waals surface area contributed by atoms with E-state index in [0.29, 0.717) is 6.10 Å². The van der Waals surface area contributed by atoms with Crippen LogP contribution in [0.2, 0.25) is 6.04 Å². The molecule has 0 N–H and O–H groups in total. The SMILES string of the molecule is Cl[SiH](Cl)CCCOC1CCC(c2ccccc2)CC1. The molecule has 106 valence electrons. The molecule has 0 spiro atoms. The van der Waals surface area contributed by atoms with Crippen molar-refractivity contribution >= 4 is 29.6 Å². The number of hydrogen-bond donors (Lipinski definition) is 0. The zero-order valence-electron chi connectivity index (χ0n) is 11.2. The molecule has 0 amide bonds. The van der Waals surface area contributed by atoms with Crippen LogP contribution in [0.3, 0.4) is 0 Å². The Morgan fingerprint density at radius 2 is 1.74 bits per heavy atom. The molecule has 0 heterocycles. The van der Waals surface area contributed by atoms with E-state index in [1.54, 1.807) is 0 Å². The summed E-state index contributed by atoms with van der Waals surface area (Å²) in [5.41, 5.74) is 1.49. The molecule has 0 unspecified atom stereocenters. The molecule has 4 heteroatoms. The van der Waals surface area contributed by atoms with Crippen LogP contribution in [-0.2, 0) is 4.74 Å². The third kappa shape index (κ3) is 5.47. The topological polar surface area (TPSA) is 9.23 Å². The number of hydrogen-bond acceptors (Lipinski definition) is 1.